The molecule has 0 aliphatic carbocycles. The number of hydrogen-bond donors (Lipinski definition) is 4. The zero-order valence-corrected chi connectivity index (χ0v) is 16.2. The van der Waals surface area contributed by atoms with Gasteiger partial charge in [0.15, 0.2) is 0 Å². The maximum Gasteiger partial charge on any atom is 0.270 e. The number of hydrogen-bond acceptors (Lipinski definition) is 6. The molecule has 0 saturated carbocycles. The second-order valence-electron chi connectivity index (χ2n) is 6.70. The lowest BCUT2D eigenvalue weighted by molar-refractivity contribution is -0.242. The molecule has 0 rings (SSSR count). The summed E-state index contributed by atoms with van der Waals surface area (Å²) in [6.45, 7) is 2.36. The molecule has 3 atom stereocenters. The van der Waals surface area contributed by atoms with Gasteiger partial charge in [-0.25, -0.2) is 4.89 Å². The van der Waals surface area contributed by atoms with Crippen molar-refractivity contribution < 1.29 is 33.3 Å². The Kier molecular flexibility index (Phi) is 14.7. The van der Waals surface area contributed by atoms with Crippen molar-refractivity contribution in [3.05, 3.63) is 0 Å². The highest BCUT2D eigenvalue weighted by atomic mass is 32.2. The van der Waals surface area contributed by atoms with Crippen LogP contribution in [0.2, 0.25) is 0 Å². The Labute approximate surface area is 152 Å². The molecular weight excluding hydrogens is 348 g/mol. The van der Waals surface area contributed by atoms with Crippen LogP contribution in [0.3, 0.4) is 0 Å². The van der Waals surface area contributed by atoms with Crippen LogP contribution in [-0.4, -0.2) is 52.5 Å². The molecule has 0 heterocycles. The summed E-state index contributed by atoms with van der Waals surface area (Å²) >= 11 is 0. The van der Waals surface area contributed by atoms with Gasteiger partial charge in [-0.15, -0.1) is 0 Å². The summed E-state index contributed by atoms with van der Waals surface area (Å²) in [5.41, 5.74) is 0. The first-order valence-corrected chi connectivity index (χ1v) is 10.9. The van der Waals surface area contributed by atoms with Gasteiger partial charge in [0.2, 0.25) is 0 Å². The van der Waals surface area contributed by atoms with Crippen LogP contribution in [0.4, 0.5) is 0 Å². The lowest BCUT2D eigenvalue weighted by atomic mass is 9.99. The molecule has 0 amide bonds. The van der Waals surface area contributed by atoms with Crippen LogP contribution >= 0.6 is 0 Å². The van der Waals surface area contributed by atoms with E-state index in [9.17, 15) is 23.2 Å². The van der Waals surface area contributed by atoms with Gasteiger partial charge in [0.05, 0.1) is 18.8 Å². The molecule has 7 nitrogen and oxygen atoms in total. The normalized spacial score (nSPS) is 15.9. The molecule has 0 aromatic heterocycles. The zero-order valence-electron chi connectivity index (χ0n) is 15.3. The predicted octanol–water partition coefficient (Wildman–Crippen LogP) is 3.16. The Morgan fingerprint density at radius 2 is 1.36 bits per heavy atom. The van der Waals surface area contributed by atoms with Crippen LogP contribution in [0.1, 0.15) is 84.0 Å². The van der Waals surface area contributed by atoms with E-state index in [1.54, 1.807) is 0 Å². The maximum atomic E-state index is 11.5. The van der Waals surface area contributed by atoms with E-state index >= 15 is 0 Å². The van der Waals surface area contributed by atoms with E-state index in [4.69, 9.17) is 5.26 Å². The van der Waals surface area contributed by atoms with Gasteiger partial charge in [-0.2, -0.15) is 8.42 Å². The van der Waals surface area contributed by atoms with Gasteiger partial charge < -0.3 is 10.2 Å². The van der Waals surface area contributed by atoms with E-state index in [1.165, 1.54) is 6.42 Å². The van der Waals surface area contributed by atoms with Crippen LogP contribution in [0.5, 0.6) is 0 Å². The molecule has 0 aliphatic rings. The molecule has 152 valence electrons. The Balaban J connectivity index is 4.22. The summed E-state index contributed by atoms with van der Waals surface area (Å²) < 4.78 is 32.4. The quantitative estimate of drug-likeness (QED) is 0.131. The van der Waals surface area contributed by atoms with Crippen molar-refractivity contribution in [1.29, 1.82) is 0 Å². The van der Waals surface area contributed by atoms with Crippen LogP contribution in [0.15, 0.2) is 0 Å². The second-order valence-corrected chi connectivity index (χ2v) is 8.34. The fourth-order valence-corrected chi connectivity index (χ4v) is 3.91. The molecule has 0 aromatic rings. The van der Waals surface area contributed by atoms with Crippen molar-refractivity contribution in [3.63, 3.8) is 0 Å². The Hall–Kier alpha value is -0.250. The Morgan fingerprint density at radius 3 is 1.92 bits per heavy atom. The van der Waals surface area contributed by atoms with E-state index < -0.39 is 27.6 Å². The highest BCUT2D eigenvalue weighted by Gasteiger charge is 2.34. The molecule has 0 saturated heterocycles. The van der Waals surface area contributed by atoms with Crippen LogP contribution in [0, 0.1) is 0 Å². The highest BCUT2D eigenvalue weighted by Crippen LogP contribution is 2.20. The maximum absolute atomic E-state index is 11.5. The summed E-state index contributed by atoms with van der Waals surface area (Å²) in [5.74, 6) is 0. The molecule has 0 spiro atoms. The standard InChI is InChI=1S/C17H36O7S/c1-2-3-4-5-6-9-12-15(18)17(19)16(25(21,22)23)13-10-7-8-11-14-24-20/h15-20H,2-14H2,1H3,(H,21,22,23). The molecule has 8 heteroatoms. The van der Waals surface area contributed by atoms with E-state index in [0.717, 1.165) is 38.5 Å². The third kappa shape index (κ3) is 12.7. The van der Waals surface area contributed by atoms with Crippen molar-refractivity contribution in [2.24, 2.45) is 0 Å². The summed E-state index contributed by atoms with van der Waals surface area (Å²) in [4.78, 5) is 3.95. The number of unbranched alkanes of at least 4 members (excludes halogenated alkanes) is 8. The molecule has 0 radical (unpaired) electrons. The SMILES string of the molecule is CCCCCCCCC(O)C(O)C(CCCCCCOO)S(=O)(=O)O. The van der Waals surface area contributed by atoms with Gasteiger partial charge in [0.25, 0.3) is 10.1 Å². The average molecular weight is 385 g/mol. The fourth-order valence-electron chi connectivity index (χ4n) is 2.91. The Morgan fingerprint density at radius 1 is 0.840 bits per heavy atom. The van der Waals surface area contributed by atoms with Crippen molar-refractivity contribution in [2.75, 3.05) is 6.61 Å². The van der Waals surface area contributed by atoms with Crippen molar-refractivity contribution >= 4 is 10.1 Å². The molecule has 0 bridgehead atoms. The van der Waals surface area contributed by atoms with Crippen molar-refractivity contribution in [3.8, 4) is 0 Å². The predicted molar refractivity (Wildman–Crippen MR) is 97.0 cm³/mol. The lowest BCUT2D eigenvalue weighted by Gasteiger charge is -2.24. The van der Waals surface area contributed by atoms with Gasteiger partial charge in [0, 0.05) is 0 Å². The number of rotatable bonds is 17. The fraction of sp³-hybridized carbons (Fsp3) is 1.00. The van der Waals surface area contributed by atoms with Gasteiger partial charge in [-0.05, 0) is 19.3 Å². The van der Waals surface area contributed by atoms with Crippen LogP contribution in [0.25, 0.3) is 0 Å². The first-order chi connectivity index (χ1) is 11.8. The monoisotopic (exact) mass is 384 g/mol. The van der Waals surface area contributed by atoms with Crippen LogP contribution < -0.4 is 0 Å². The van der Waals surface area contributed by atoms with E-state index in [-0.39, 0.29) is 13.0 Å². The van der Waals surface area contributed by atoms with Gasteiger partial charge >= 0.3 is 0 Å². The van der Waals surface area contributed by atoms with E-state index in [2.05, 4.69) is 11.8 Å². The van der Waals surface area contributed by atoms with E-state index in [1.807, 2.05) is 0 Å². The minimum Gasteiger partial charge on any atom is -0.390 e. The first kappa shape index (κ1) is 24.8. The average Bonchev–Trinajstić information content (AvgIpc) is 2.55. The van der Waals surface area contributed by atoms with E-state index in [0.29, 0.717) is 25.7 Å². The summed E-state index contributed by atoms with van der Waals surface area (Å²) in [6, 6.07) is 0. The molecule has 0 aromatic carbocycles. The zero-order chi connectivity index (χ0) is 19.1. The van der Waals surface area contributed by atoms with Crippen molar-refractivity contribution in [1.82, 2.24) is 0 Å². The number of aliphatic hydroxyl groups excluding tert-OH is 2. The largest absolute Gasteiger partial charge is 0.390 e. The molecule has 3 unspecified atom stereocenters. The molecule has 4 N–H and O–H groups in total. The highest BCUT2D eigenvalue weighted by molar-refractivity contribution is 7.86. The van der Waals surface area contributed by atoms with Crippen LogP contribution in [-0.2, 0) is 15.0 Å². The summed E-state index contributed by atoms with van der Waals surface area (Å²) in [6.07, 6.45) is 6.57. The summed E-state index contributed by atoms with van der Waals surface area (Å²) in [7, 11) is -4.42. The second kappa shape index (κ2) is 14.9. The third-order valence-corrected chi connectivity index (χ3v) is 5.77. The molecule has 0 aliphatic heterocycles. The third-order valence-electron chi connectivity index (χ3n) is 4.49. The van der Waals surface area contributed by atoms with Gasteiger partial charge in [-0.3, -0.25) is 9.81 Å². The minimum absolute atomic E-state index is 0.0908. The topological polar surface area (TPSA) is 124 Å². The van der Waals surface area contributed by atoms with Crippen molar-refractivity contribution in [2.45, 2.75) is 101 Å². The Bertz CT molecular complexity index is 400. The molecule has 25 heavy (non-hydrogen) atoms. The molecule has 0 fully saturated rings. The molecular formula is C17H36O7S. The minimum atomic E-state index is -4.42. The van der Waals surface area contributed by atoms with Gasteiger partial charge in [-0.1, -0.05) is 64.7 Å². The number of aliphatic hydroxyl groups is 2. The summed E-state index contributed by atoms with van der Waals surface area (Å²) in [5, 5.41) is 27.1. The first-order valence-electron chi connectivity index (χ1n) is 9.43. The smallest absolute Gasteiger partial charge is 0.270 e. The van der Waals surface area contributed by atoms with Gasteiger partial charge in [0.1, 0.15) is 5.25 Å². The lowest BCUT2D eigenvalue weighted by Crippen LogP contribution is -2.42.